The third-order valence-corrected chi connectivity index (χ3v) is 6.43. The number of benzene rings is 1. The number of hydrogen-bond acceptors (Lipinski definition) is 4. The molecule has 0 aromatic heterocycles. The maximum absolute atomic E-state index is 11.6. The number of carbonyl (C=O) groups excluding carboxylic acids is 1. The summed E-state index contributed by atoms with van der Waals surface area (Å²) in [5.74, 6) is 0.968. The molecule has 0 spiro atoms. The summed E-state index contributed by atoms with van der Waals surface area (Å²) in [5.41, 5.74) is 2.31. The molecule has 3 N–H and O–H groups in total. The fraction of sp³-hybridized carbons (Fsp3) is 0.636. The molecule has 0 bridgehead atoms. The summed E-state index contributed by atoms with van der Waals surface area (Å²) in [6, 6.07) is 9.74. The summed E-state index contributed by atoms with van der Waals surface area (Å²) in [4.78, 5) is 20.8. The van der Waals surface area contributed by atoms with E-state index >= 15 is 0 Å². The molecule has 1 aromatic carbocycles. The van der Waals surface area contributed by atoms with E-state index < -0.39 is 0 Å². The number of amides is 1. The van der Waals surface area contributed by atoms with Crippen molar-refractivity contribution in [3.05, 3.63) is 29.8 Å². The van der Waals surface area contributed by atoms with E-state index in [1.54, 1.807) is 0 Å². The predicted molar refractivity (Wildman–Crippen MR) is 133 cm³/mol. The van der Waals surface area contributed by atoms with Gasteiger partial charge in [0, 0.05) is 57.5 Å². The fourth-order valence-corrected chi connectivity index (χ4v) is 4.76. The van der Waals surface area contributed by atoms with Crippen LogP contribution in [0.2, 0.25) is 0 Å². The zero-order chi connectivity index (χ0) is 20.1. The van der Waals surface area contributed by atoms with Gasteiger partial charge in [-0.15, -0.1) is 24.0 Å². The maximum atomic E-state index is 11.6. The van der Waals surface area contributed by atoms with Gasteiger partial charge in [-0.1, -0.05) is 25.0 Å². The molecule has 3 aliphatic rings. The fourth-order valence-electron chi connectivity index (χ4n) is 4.76. The standard InChI is InChI=1S/C22H34N6O.HI/c1-23-22(26-18-10-12-27(15-18)19-4-2-3-5-19)25-14-17-6-8-20(9-7-17)28-13-11-24-21(29)16-28;/h6-9,18-19H,2-5,10-16H2,1H3,(H,24,29)(H2,23,25,26);1H. The van der Waals surface area contributed by atoms with E-state index in [0.29, 0.717) is 19.1 Å². The van der Waals surface area contributed by atoms with Crippen LogP contribution in [0.4, 0.5) is 5.69 Å². The number of rotatable bonds is 5. The molecular formula is C22H35IN6O. The molecule has 1 aromatic rings. The summed E-state index contributed by atoms with van der Waals surface area (Å²) >= 11 is 0. The highest BCUT2D eigenvalue weighted by molar-refractivity contribution is 14.0. The highest BCUT2D eigenvalue weighted by atomic mass is 127. The Morgan fingerprint density at radius 3 is 2.63 bits per heavy atom. The third kappa shape index (κ3) is 6.00. The van der Waals surface area contributed by atoms with Crippen LogP contribution in [-0.2, 0) is 11.3 Å². The molecule has 2 saturated heterocycles. The van der Waals surface area contributed by atoms with E-state index in [9.17, 15) is 4.79 Å². The van der Waals surface area contributed by atoms with Crippen LogP contribution in [0.15, 0.2) is 29.3 Å². The summed E-state index contributed by atoms with van der Waals surface area (Å²) in [6.07, 6.45) is 6.73. The third-order valence-electron chi connectivity index (χ3n) is 6.43. The van der Waals surface area contributed by atoms with Gasteiger partial charge in [-0.3, -0.25) is 14.7 Å². The lowest BCUT2D eigenvalue weighted by atomic mass is 10.2. The van der Waals surface area contributed by atoms with Gasteiger partial charge in [-0.2, -0.15) is 0 Å². The molecule has 8 heteroatoms. The van der Waals surface area contributed by atoms with E-state index in [2.05, 4.69) is 55.0 Å². The molecule has 1 aliphatic carbocycles. The van der Waals surface area contributed by atoms with Crippen molar-refractivity contribution in [1.29, 1.82) is 0 Å². The molecule has 2 aliphatic heterocycles. The highest BCUT2D eigenvalue weighted by Gasteiger charge is 2.30. The zero-order valence-corrected chi connectivity index (χ0v) is 20.2. The number of nitrogens with zero attached hydrogens (tertiary/aromatic N) is 3. The highest BCUT2D eigenvalue weighted by Crippen LogP contribution is 2.26. The lowest BCUT2D eigenvalue weighted by Gasteiger charge is -2.28. The molecule has 3 fully saturated rings. The average Bonchev–Trinajstić information content (AvgIpc) is 3.43. The predicted octanol–water partition coefficient (Wildman–Crippen LogP) is 1.92. The Hall–Kier alpha value is -1.55. The zero-order valence-electron chi connectivity index (χ0n) is 17.9. The molecule has 2 heterocycles. The number of likely N-dealkylation sites (tertiary alicyclic amines) is 1. The summed E-state index contributed by atoms with van der Waals surface area (Å²) < 4.78 is 0. The molecular weight excluding hydrogens is 491 g/mol. The minimum absolute atomic E-state index is 0. The summed E-state index contributed by atoms with van der Waals surface area (Å²) in [6.45, 7) is 5.08. The van der Waals surface area contributed by atoms with Crippen molar-refractivity contribution in [2.75, 3.05) is 44.7 Å². The van der Waals surface area contributed by atoms with Gasteiger partial charge in [0.15, 0.2) is 5.96 Å². The largest absolute Gasteiger partial charge is 0.360 e. The van der Waals surface area contributed by atoms with Crippen LogP contribution >= 0.6 is 24.0 Å². The minimum Gasteiger partial charge on any atom is -0.360 e. The Morgan fingerprint density at radius 1 is 1.17 bits per heavy atom. The van der Waals surface area contributed by atoms with E-state index in [0.717, 1.165) is 37.3 Å². The summed E-state index contributed by atoms with van der Waals surface area (Å²) in [5, 5.41) is 9.91. The van der Waals surface area contributed by atoms with Gasteiger partial charge >= 0.3 is 0 Å². The van der Waals surface area contributed by atoms with Crippen LogP contribution in [0.5, 0.6) is 0 Å². The molecule has 7 nitrogen and oxygen atoms in total. The Labute approximate surface area is 197 Å². The molecule has 1 saturated carbocycles. The maximum Gasteiger partial charge on any atom is 0.239 e. The molecule has 1 unspecified atom stereocenters. The molecule has 0 radical (unpaired) electrons. The molecule has 166 valence electrons. The number of aliphatic imine (C=N–C) groups is 1. The van der Waals surface area contributed by atoms with Gasteiger partial charge < -0.3 is 20.9 Å². The molecule has 30 heavy (non-hydrogen) atoms. The monoisotopic (exact) mass is 526 g/mol. The smallest absolute Gasteiger partial charge is 0.239 e. The van der Waals surface area contributed by atoms with Crippen molar-refractivity contribution in [2.24, 2.45) is 4.99 Å². The van der Waals surface area contributed by atoms with Crippen molar-refractivity contribution < 1.29 is 4.79 Å². The number of hydrogen-bond donors (Lipinski definition) is 3. The number of anilines is 1. The minimum atomic E-state index is 0. The number of halogens is 1. The molecule has 1 atom stereocenters. The second-order valence-electron chi connectivity index (χ2n) is 8.43. The van der Waals surface area contributed by atoms with Crippen molar-refractivity contribution in [2.45, 2.75) is 50.7 Å². The molecule has 4 rings (SSSR count). The average molecular weight is 526 g/mol. The van der Waals surface area contributed by atoms with E-state index in [4.69, 9.17) is 0 Å². The first-order valence-electron chi connectivity index (χ1n) is 11.0. The number of guanidine groups is 1. The SMILES string of the molecule is CN=C(NCc1ccc(N2CCNC(=O)C2)cc1)NC1CCN(C2CCCC2)C1.I. The lowest BCUT2D eigenvalue weighted by molar-refractivity contribution is -0.120. The van der Waals surface area contributed by atoms with E-state index in [1.807, 2.05) is 7.05 Å². The second-order valence-corrected chi connectivity index (χ2v) is 8.43. The lowest BCUT2D eigenvalue weighted by Crippen LogP contribution is -2.47. The van der Waals surface area contributed by atoms with Gasteiger partial charge in [0.2, 0.25) is 5.91 Å². The first-order chi connectivity index (χ1) is 14.2. The van der Waals surface area contributed by atoms with Crippen molar-refractivity contribution in [1.82, 2.24) is 20.9 Å². The molecule has 1 amide bonds. The van der Waals surface area contributed by atoms with E-state index in [-0.39, 0.29) is 29.9 Å². The summed E-state index contributed by atoms with van der Waals surface area (Å²) in [7, 11) is 1.84. The van der Waals surface area contributed by atoms with Gasteiger partial charge in [0.05, 0.1) is 6.54 Å². The van der Waals surface area contributed by atoms with Crippen LogP contribution in [-0.4, -0.2) is 68.6 Å². The van der Waals surface area contributed by atoms with Crippen LogP contribution in [0.1, 0.15) is 37.7 Å². The van der Waals surface area contributed by atoms with Crippen molar-refractivity contribution >= 4 is 41.5 Å². The van der Waals surface area contributed by atoms with Crippen LogP contribution in [0.3, 0.4) is 0 Å². The Bertz CT molecular complexity index is 719. The van der Waals surface area contributed by atoms with Crippen LogP contribution < -0.4 is 20.9 Å². The number of nitrogens with one attached hydrogen (secondary N) is 3. The Morgan fingerprint density at radius 2 is 1.93 bits per heavy atom. The Kier molecular flexibility index (Phi) is 8.61. The first-order valence-corrected chi connectivity index (χ1v) is 11.0. The van der Waals surface area contributed by atoms with Gasteiger partial charge in [-0.05, 0) is 37.0 Å². The van der Waals surface area contributed by atoms with Gasteiger partial charge in [-0.25, -0.2) is 0 Å². The number of piperazine rings is 1. The topological polar surface area (TPSA) is 72.0 Å². The second kappa shape index (κ2) is 11.2. The van der Waals surface area contributed by atoms with E-state index in [1.165, 1.54) is 44.2 Å². The normalized spacial score (nSPS) is 23.2. The quantitative estimate of drug-likeness (QED) is 0.311. The van der Waals surface area contributed by atoms with Crippen LogP contribution in [0, 0.1) is 0 Å². The number of carbonyl (C=O) groups is 1. The van der Waals surface area contributed by atoms with Crippen LogP contribution in [0.25, 0.3) is 0 Å². The van der Waals surface area contributed by atoms with Crippen molar-refractivity contribution in [3.63, 3.8) is 0 Å². The first kappa shape index (κ1) is 23.1. The van der Waals surface area contributed by atoms with Gasteiger partial charge in [0.1, 0.15) is 0 Å². The Balaban J connectivity index is 0.00000256. The van der Waals surface area contributed by atoms with Crippen molar-refractivity contribution in [3.8, 4) is 0 Å². The van der Waals surface area contributed by atoms with Gasteiger partial charge in [0.25, 0.3) is 0 Å².